The Morgan fingerprint density at radius 3 is 2.63 bits per heavy atom. The Kier molecular flexibility index (Phi) is 7.60. The summed E-state index contributed by atoms with van der Waals surface area (Å²) in [6, 6.07) is 10.1. The summed E-state index contributed by atoms with van der Waals surface area (Å²) in [6.07, 6.45) is 0. The third-order valence-electron chi connectivity index (χ3n) is 2.98. The molecule has 0 bridgehead atoms. The van der Waals surface area contributed by atoms with E-state index in [0.29, 0.717) is 24.8 Å². The lowest BCUT2D eigenvalue weighted by Gasteiger charge is -2.21. The number of rotatable bonds is 8. The fourth-order valence-electron chi connectivity index (χ4n) is 1.69. The molecule has 19 heavy (non-hydrogen) atoms. The van der Waals surface area contributed by atoms with Gasteiger partial charge in [-0.25, -0.2) is 0 Å². The lowest BCUT2D eigenvalue weighted by molar-refractivity contribution is -0.128. The first kappa shape index (κ1) is 16.1. The molecule has 106 valence electrons. The molecule has 1 aromatic carbocycles. The molecule has 1 amide bonds. The molecule has 0 radical (unpaired) electrons. The van der Waals surface area contributed by atoms with Gasteiger partial charge in [-0.1, -0.05) is 37.3 Å². The van der Waals surface area contributed by atoms with Crippen LogP contribution in [0.5, 0.6) is 0 Å². The van der Waals surface area contributed by atoms with Gasteiger partial charge >= 0.3 is 0 Å². The van der Waals surface area contributed by atoms with E-state index in [4.69, 9.17) is 5.73 Å². The summed E-state index contributed by atoms with van der Waals surface area (Å²) in [4.78, 5) is 14.0. The van der Waals surface area contributed by atoms with E-state index >= 15 is 0 Å². The molecule has 0 saturated carbocycles. The van der Waals surface area contributed by atoms with Gasteiger partial charge in [0.15, 0.2) is 0 Å². The smallest absolute Gasteiger partial charge is 0.232 e. The molecular formula is C15H24N2OS. The van der Waals surface area contributed by atoms with Crippen molar-refractivity contribution in [2.24, 2.45) is 11.7 Å². The van der Waals surface area contributed by atoms with Crippen molar-refractivity contribution < 1.29 is 4.79 Å². The zero-order chi connectivity index (χ0) is 14.1. The van der Waals surface area contributed by atoms with Crippen molar-refractivity contribution in [3.63, 3.8) is 0 Å². The SMILES string of the molecule is CCN(Cc1ccccc1)C(=O)CSCC(C)CN. The van der Waals surface area contributed by atoms with Gasteiger partial charge in [-0.15, -0.1) is 0 Å². The molecule has 2 N–H and O–H groups in total. The van der Waals surface area contributed by atoms with Crippen LogP contribution in [-0.2, 0) is 11.3 Å². The maximum absolute atomic E-state index is 12.1. The zero-order valence-electron chi connectivity index (χ0n) is 11.8. The van der Waals surface area contributed by atoms with Gasteiger partial charge in [-0.3, -0.25) is 4.79 Å². The van der Waals surface area contributed by atoms with Crippen LogP contribution in [0.25, 0.3) is 0 Å². The molecule has 0 aliphatic rings. The zero-order valence-corrected chi connectivity index (χ0v) is 12.7. The van der Waals surface area contributed by atoms with Crippen LogP contribution >= 0.6 is 11.8 Å². The number of hydrogen-bond acceptors (Lipinski definition) is 3. The summed E-state index contributed by atoms with van der Waals surface area (Å²) in [6.45, 7) is 6.26. The van der Waals surface area contributed by atoms with Crippen LogP contribution in [0, 0.1) is 5.92 Å². The molecule has 1 rings (SSSR count). The minimum atomic E-state index is 0.209. The second-order valence-corrected chi connectivity index (χ2v) is 5.78. The number of benzene rings is 1. The highest BCUT2D eigenvalue weighted by Gasteiger charge is 2.12. The van der Waals surface area contributed by atoms with Crippen molar-refractivity contribution in [2.75, 3.05) is 24.6 Å². The van der Waals surface area contributed by atoms with Crippen LogP contribution in [0.1, 0.15) is 19.4 Å². The van der Waals surface area contributed by atoms with Crippen molar-refractivity contribution >= 4 is 17.7 Å². The predicted octanol–water partition coefficient (Wildman–Crippen LogP) is 2.36. The topological polar surface area (TPSA) is 46.3 Å². The van der Waals surface area contributed by atoms with Gasteiger partial charge in [0.05, 0.1) is 5.75 Å². The predicted molar refractivity (Wildman–Crippen MR) is 83.1 cm³/mol. The number of thioether (sulfide) groups is 1. The van der Waals surface area contributed by atoms with Gasteiger partial charge in [-0.05, 0) is 30.7 Å². The first-order valence-corrected chi connectivity index (χ1v) is 7.92. The van der Waals surface area contributed by atoms with Crippen LogP contribution < -0.4 is 5.73 Å². The standard InChI is InChI=1S/C15H24N2OS/c1-3-17(10-14-7-5-4-6-8-14)15(18)12-19-11-13(2)9-16/h4-8,13H,3,9-12,16H2,1-2H3. The molecule has 4 heteroatoms. The van der Waals surface area contributed by atoms with Crippen molar-refractivity contribution in [2.45, 2.75) is 20.4 Å². The lowest BCUT2D eigenvalue weighted by Crippen LogP contribution is -2.32. The molecule has 0 heterocycles. The number of nitrogens with zero attached hydrogens (tertiary/aromatic N) is 1. The van der Waals surface area contributed by atoms with Gasteiger partial charge in [0.25, 0.3) is 0 Å². The van der Waals surface area contributed by atoms with Crippen molar-refractivity contribution in [1.82, 2.24) is 4.90 Å². The fourth-order valence-corrected chi connectivity index (χ4v) is 2.70. The summed E-state index contributed by atoms with van der Waals surface area (Å²) in [5, 5.41) is 0. The first-order valence-electron chi connectivity index (χ1n) is 6.76. The number of carbonyl (C=O) groups is 1. The number of carbonyl (C=O) groups excluding carboxylic acids is 1. The third kappa shape index (κ3) is 6.12. The maximum Gasteiger partial charge on any atom is 0.232 e. The molecular weight excluding hydrogens is 256 g/mol. The Morgan fingerprint density at radius 2 is 2.05 bits per heavy atom. The number of hydrogen-bond donors (Lipinski definition) is 1. The Morgan fingerprint density at radius 1 is 1.37 bits per heavy atom. The van der Waals surface area contributed by atoms with E-state index in [2.05, 4.69) is 19.1 Å². The maximum atomic E-state index is 12.1. The lowest BCUT2D eigenvalue weighted by atomic mass is 10.2. The third-order valence-corrected chi connectivity index (χ3v) is 4.24. The minimum Gasteiger partial charge on any atom is -0.338 e. The van der Waals surface area contributed by atoms with E-state index in [1.807, 2.05) is 30.0 Å². The highest BCUT2D eigenvalue weighted by Crippen LogP contribution is 2.10. The quantitative estimate of drug-likeness (QED) is 0.795. The average molecular weight is 280 g/mol. The molecule has 0 saturated heterocycles. The van der Waals surface area contributed by atoms with Gasteiger partial charge < -0.3 is 10.6 Å². The number of amides is 1. The van der Waals surface area contributed by atoms with E-state index in [-0.39, 0.29) is 5.91 Å². The Hall–Kier alpha value is -1.00. The molecule has 3 nitrogen and oxygen atoms in total. The second-order valence-electron chi connectivity index (χ2n) is 4.75. The van der Waals surface area contributed by atoms with Gasteiger partial charge in [0, 0.05) is 13.1 Å². The average Bonchev–Trinajstić information content (AvgIpc) is 2.45. The van der Waals surface area contributed by atoms with Gasteiger partial charge in [0.1, 0.15) is 0 Å². The first-order chi connectivity index (χ1) is 9.17. The number of nitrogens with two attached hydrogens (primary N) is 1. The molecule has 1 unspecified atom stereocenters. The summed E-state index contributed by atoms with van der Waals surface area (Å²) in [7, 11) is 0. The summed E-state index contributed by atoms with van der Waals surface area (Å²) in [5.41, 5.74) is 6.75. The van der Waals surface area contributed by atoms with Crippen LogP contribution in [-0.4, -0.2) is 35.4 Å². The molecule has 0 spiro atoms. The molecule has 0 fully saturated rings. The molecule has 0 aromatic heterocycles. The van der Waals surface area contributed by atoms with Gasteiger partial charge in [0.2, 0.25) is 5.91 Å². The van der Waals surface area contributed by atoms with E-state index in [1.165, 1.54) is 5.56 Å². The normalized spacial score (nSPS) is 12.2. The van der Waals surface area contributed by atoms with E-state index in [9.17, 15) is 4.79 Å². The summed E-state index contributed by atoms with van der Waals surface area (Å²) in [5.74, 6) is 2.18. The van der Waals surface area contributed by atoms with E-state index in [0.717, 1.165) is 12.3 Å². The van der Waals surface area contributed by atoms with Crippen molar-refractivity contribution in [1.29, 1.82) is 0 Å². The molecule has 0 aliphatic heterocycles. The van der Waals surface area contributed by atoms with E-state index < -0.39 is 0 Å². The Balaban J connectivity index is 2.39. The van der Waals surface area contributed by atoms with Crippen molar-refractivity contribution in [3.8, 4) is 0 Å². The highest BCUT2D eigenvalue weighted by atomic mass is 32.2. The molecule has 1 aromatic rings. The minimum absolute atomic E-state index is 0.209. The fraction of sp³-hybridized carbons (Fsp3) is 0.533. The highest BCUT2D eigenvalue weighted by molar-refractivity contribution is 7.99. The molecule has 0 aliphatic carbocycles. The molecule has 1 atom stereocenters. The summed E-state index contributed by atoms with van der Waals surface area (Å²) < 4.78 is 0. The van der Waals surface area contributed by atoms with Gasteiger partial charge in [-0.2, -0.15) is 11.8 Å². The van der Waals surface area contributed by atoms with Crippen LogP contribution in [0.2, 0.25) is 0 Å². The van der Waals surface area contributed by atoms with E-state index in [1.54, 1.807) is 11.8 Å². The second kappa shape index (κ2) is 8.99. The largest absolute Gasteiger partial charge is 0.338 e. The van der Waals surface area contributed by atoms with Crippen LogP contribution in [0.3, 0.4) is 0 Å². The van der Waals surface area contributed by atoms with Crippen LogP contribution in [0.4, 0.5) is 0 Å². The van der Waals surface area contributed by atoms with Crippen molar-refractivity contribution in [3.05, 3.63) is 35.9 Å². The Bertz CT molecular complexity index is 370. The Labute approximate surface area is 120 Å². The monoisotopic (exact) mass is 280 g/mol. The van der Waals surface area contributed by atoms with Crippen LogP contribution in [0.15, 0.2) is 30.3 Å². The summed E-state index contributed by atoms with van der Waals surface area (Å²) >= 11 is 1.68.